The van der Waals surface area contributed by atoms with Crippen molar-refractivity contribution >= 4 is 18.3 Å². The average molecular weight is 229 g/mol. The molecule has 1 amide bonds. The van der Waals surface area contributed by atoms with Gasteiger partial charge in [0.15, 0.2) is 0 Å². The van der Waals surface area contributed by atoms with Crippen LogP contribution in [0.3, 0.4) is 0 Å². The second-order valence-corrected chi connectivity index (χ2v) is 3.57. The summed E-state index contributed by atoms with van der Waals surface area (Å²) in [6.07, 6.45) is 0. The predicted octanol–water partition coefficient (Wildman–Crippen LogP) is 1.63. The SMILES string of the molecule is CC(C)N[C@H](C(N)=O)c1ccccc1.Cl. The Hall–Kier alpha value is -1.06. The number of hydrogen-bond acceptors (Lipinski definition) is 2. The average Bonchev–Trinajstić information content (AvgIpc) is 2.15. The van der Waals surface area contributed by atoms with E-state index in [9.17, 15) is 4.79 Å². The lowest BCUT2D eigenvalue weighted by atomic mass is 10.1. The largest absolute Gasteiger partial charge is 0.368 e. The summed E-state index contributed by atoms with van der Waals surface area (Å²) in [5, 5.41) is 3.12. The fourth-order valence-corrected chi connectivity index (χ4v) is 1.32. The summed E-state index contributed by atoms with van der Waals surface area (Å²) in [6.45, 7) is 3.97. The van der Waals surface area contributed by atoms with Gasteiger partial charge in [-0.25, -0.2) is 0 Å². The molecule has 0 unspecified atom stereocenters. The standard InChI is InChI=1S/C11H16N2O.ClH/c1-8(2)13-10(11(12)14)9-6-4-3-5-7-9;/h3-8,10,13H,1-2H3,(H2,12,14);1H/t10-;/m0./s1. The van der Waals surface area contributed by atoms with Crippen LogP contribution in [-0.4, -0.2) is 11.9 Å². The minimum atomic E-state index is -0.392. The fraction of sp³-hybridized carbons (Fsp3) is 0.364. The number of halogens is 1. The van der Waals surface area contributed by atoms with Crippen LogP contribution in [0.5, 0.6) is 0 Å². The maximum atomic E-state index is 11.2. The van der Waals surface area contributed by atoms with Crippen molar-refractivity contribution in [2.24, 2.45) is 5.73 Å². The number of hydrogen-bond donors (Lipinski definition) is 2. The molecule has 0 fully saturated rings. The molecule has 84 valence electrons. The lowest BCUT2D eigenvalue weighted by Gasteiger charge is -2.18. The van der Waals surface area contributed by atoms with E-state index in [1.807, 2.05) is 44.2 Å². The van der Waals surface area contributed by atoms with Gasteiger partial charge in [-0.05, 0) is 19.4 Å². The highest BCUT2D eigenvalue weighted by molar-refractivity contribution is 5.85. The van der Waals surface area contributed by atoms with Gasteiger partial charge in [0.25, 0.3) is 0 Å². The number of carbonyl (C=O) groups excluding carboxylic acids is 1. The number of nitrogens with one attached hydrogen (secondary N) is 1. The van der Waals surface area contributed by atoms with Crippen LogP contribution in [0.25, 0.3) is 0 Å². The smallest absolute Gasteiger partial charge is 0.239 e. The minimum Gasteiger partial charge on any atom is -0.368 e. The molecule has 3 N–H and O–H groups in total. The van der Waals surface area contributed by atoms with Gasteiger partial charge in [0.1, 0.15) is 6.04 Å². The topological polar surface area (TPSA) is 55.1 Å². The van der Waals surface area contributed by atoms with Crippen molar-refractivity contribution in [3.05, 3.63) is 35.9 Å². The van der Waals surface area contributed by atoms with Crippen LogP contribution >= 0.6 is 12.4 Å². The molecule has 0 saturated carbocycles. The van der Waals surface area contributed by atoms with Crippen LogP contribution in [0.4, 0.5) is 0 Å². The first-order valence-electron chi connectivity index (χ1n) is 4.71. The minimum absolute atomic E-state index is 0. The van der Waals surface area contributed by atoms with E-state index in [1.165, 1.54) is 0 Å². The Bertz CT molecular complexity index is 301. The van der Waals surface area contributed by atoms with E-state index < -0.39 is 6.04 Å². The monoisotopic (exact) mass is 228 g/mol. The number of amides is 1. The van der Waals surface area contributed by atoms with Crippen molar-refractivity contribution in [2.45, 2.75) is 25.9 Å². The summed E-state index contributed by atoms with van der Waals surface area (Å²) in [7, 11) is 0. The first-order chi connectivity index (χ1) is 6.61. The van der Waals surface area contributed by atoms with Crippen LogP contribution in [-0.2, 0) is 4.79 Å². The number of primary amides is 1. The predicted molar refractivity (Wildman–Crippen MR) is 63.9 cm³/mol. The highest BCUT2D eigenvalue weighted by Crippen LogP contribution is 2.12. The van der Waals surface area contributed by atoms with Crippen LogP contribution < -0.4 is 11.1 Å². The molecule has 0 radical (unpaired) electrons. The third kappa shape index (κ3) is 4.32. The van der Waals surface area contributed by atoms with Gasteiger partial charge in [-0.2, -0.15) is 0 Å². The number of nitrogens with two attached hydrogens (primary N) is 1. The van der Waals surface area contributed by atoms with Gasteiger partial charge in [-0.15, -0.1) is 12.4 Å². The van der Waals surface area contributed by atoms with E-state index >= 15 is 0 Å². The lowest BCUT2D eigenvalue weighted by molar-refractivity contribution is -0.120. The quantitative estimate of drug-likeness (QED) is 0.823. The Morgan fingerprint density at radius 2 is 1.80 bits per heavy atom. The molecule has 0 aliphatic rings. The number of rotatable bonds is 4. The Labute approximate surface area is 96.5 Å². The van der Waals surface area contributed by atoms with E-state index in [4.69, 9.17) is 5.73 Å². The second-order valence-electron chi connectivity index (χ2n) is 3.57. The summed E-state index contributed by atoms with van der Waals surface area (Å²) in [5.41, 5.74) is 6.23. The van der Waals surface area contributed by atoms with Gasteiger partial charge in [-0.1, -0.05) is 30.3 Å². The van der Waals surface area contributed by atoms with Crippen LogP contribution in [0.1, 0.15) is 25.5 Å². The second kappa shape index (κ2) is 6.43. The maximum Gasteiger partial charge on any atom is 0.239 e. The zero-order chi connectivity index (χ0) is 10.6. The Balaban J connectivity index is 0.00000196. The first kappa shape index (κ1) is 13.9. The van der Waals surface area contributed by atoms with Crippen LogP contribution in [0.15, 0.2) is 30.3 Å². The molecule has 1 aromatic rings. The molecule has 0 spiro atoms. The van der Waals surface area contributed by atoms with Crippen LogP contribution in [0, 0.1) is 0 Å². The molecule has 1 rings (SSSR count). The number of benzene rings is 1. The normalized spacial score (nSPS) is 11.9. The molecule has 0 bridgehead atoms. The maximum absolute atomic E-state index is 11.2. The summed E-state index contributed by atoms with van der Waals surface area (Å²) in [4.78, 5) is 11.2. The molecular weight excluding hydrogens is 212 g/mol. The molecule has 0 aromatic heterocycles. The van der Waals surface area contributed by atoms with E-state index in [1.54, 1.807) is 0 Å². The molecular formula is C11H17ClN2O. The van der Waals surface area contributed by atoms with E-state index in [-0.39, 0.29) is 24.4 Å². The van der Waals surface area contributed by atoms with Gasteiger partial charge >= 0.3 is 0 Å². The van der Waals surface area contributed by atoms with Gasteiger partial charge in [0, 0.05) is 6.04 Å². The highest BCUT2D eigenvalue weighted by atomic mass is 35.5. The summed E-state index contributed by atoms with van der Waals surface area (Å²) in [6, 6.07) is 9.33. The summed E-state index contributed by atoms with van der Waals surface area (Å²) in [5.74, 6) is -0.343. The van der Waals surface area contributed by atoms with Crippen molar-refractivity contribution in [3.8, 4) is 0 Å². The first-order valence-corrected chi connectivity index (χ1v) is 4.71. The lowest BCUT2D eigenvalue weighted by Crippen LogP contribution is -2.37. The van der Waals surface area contributed by atoms with Crippen molar-refractivity contribution in [2.75, 3.05) is 0 Å². The van der Waals surface area contributed by atoms with Crippen molar-refractivity contribution in [1.29, 1.82) is 0 Å². The molecule has 0 saturated heterocycles. The molecule has 4 heteroatoms. The molecule has 0 aliphatic heterocycles. The van der Waals surface area contributed by atoms with Gasteiger partial charge in [-0.3, -0.25) is 10.1 Å². The van der Waals surface area contributed by atoms with E-state index in [0.29, 0.717) is 0 Å². The fourth-order valence-electron chi connectivity index (χ4n) is 1.32. The summed E-state index contributed by atoms with van der Waals surface area (Å²) < 4.78 is 0. The third-order valence-electron chi connectivity index (χ3n) is 1.92. The Morgan fingerprint density at radius 3 is 2.20 bits per heavy atom. The van der Waals surface area contributed by atoms with Crippen molar-refractivity contribution in [3.63, 3.8) is 0 Å². The molecule has 15 heavy (non-hydrogen) atoms. The molecule has 0 heterocycles. The van der Waals surface area contributed by atoms with Crippen molar-refractivity contribution < 1.29 is 4.79 Å². The van der Waals surface area contributed by atoms with E-state index in [0.717, 1.165) is 5.56 Å². The van der Waals surface area contributed by atoms with Gasteiger partial charge < -0.3 is 5.73 Å². The molecule has 0 aliphatic carbocycles. The van der Waals surface area contributed by atoms with Gasteiger partial charge in [0.05, 0.1) is 0 Å². The number of carbonyl (C=O) groups is 1. The van der Waals surface area contributed by atoms with Gasteiger partial charge in [0.2, 0.25) is 5.91 Å². The van der Waals surface area contributed by atoms with Crippen molar-refractivity contribution in [1.82, 2.24) is 5.32 Å². The zero-order valence-corrected chi connectivity index (χ0v) is 9.75. The van der Waals surface area contributed by atoms with Crippen LogP contribution in [0.2, 0.25) is 0 Å². The zero-order valence-electron chi connectivity index (χ0n) is 8.94. The highest BCUT2D eigenvalue weighted by Gasteiger charge is 2.17. The third-order valence-corrected chi connectivity index (χ3v) is 1.92. The molecule has 1 atom stereocenters. The Kier molecular flexibility index (Phi) is 5.97. The van der Waals surface area contributed by atoms with E-state index in [2.05, 4.69) is 5.32 Å². The molecule has 3 nitrogen and oxygen atoms in total. The summed E-state index contributed by atoms with van der Waals surface area (Å²) >= 11 is 0. The molecule has 1 aromatic carbocycles. The Morgan fingerprint density at radius 1 is 1.27 bits per heavy atom.